The Hall–Kier alpha value is -2.06. The molecule has 0 radical (unpaired) electrons. The summed E-state index contributed by atoms with van der Waals surface area (Å²) in [6, 6.07) is 5.19. The molecule has 0 fully saturated rings. The van der Waals surface area contributed by atoms with Crippen LogP contribution in [-0.4, -0.2) is 20.2 Å². The number of aromatic amines is 1. The summed E-state index contributed by atoms with van der Waals surface area (Å²) in [6.45, 7) is 4.62. The van der Waals surface area contributed by atoms with Crippen molar-refractivity contribution < 1.29 is 17.4 Å². The van der Waals surface area contributed by atoms with Crippen LogP contribution < -0.4 is 10.9 Å². The van der Waals surface area contributed by atoms with E-state index in [9.17, 15) is 22.2 Å². The molecule has 1 aromatic heterocycles. The summed E-state index contributed by atoms with van der Waals surface area (Å²) in [5.41, 5.74) is -5.27. The standard InChI is InChI=1S/C18H16ClF3N2O2S/c1-16(2,3)15(27-26)17(18(20,21)22)10-6-7-23-14(25)13(10)24-12-5-4-9(19)8-11(12)17/h4-8,24H,1-3H3,(H,23,25). The van der Waals surface area contributed by atoms with Gasteiger partial charge in [0.2, 0.25) is 0 Å². The topological polar surface area (TPSA) is 62.0 Å². The minimum absolute atomic E-state index is 0.0803. The van der Waals surface area contributed by atoms with Crippen molar-refractivity contribution in [3.63, 3.8) is 0 Å². The quantitative estimate of drug-likeness (QED) is 0.679. The molecule has 0 bridgehead atoms. The van der Waals surface area contributed by atoms with Crippen LogP contribution in [-0.2, 0) is 16.7 Å². The number of fused-ring (bicyclic) bond motifs is 2. The maximum absolute atomic E-state index is 14.8. The summed E-state index contributed by atoms with van der Waals surface area (Å²) < 4.78 is 56.5. The van der Waals surface area contributed by atoms with E-state index in [2.05, 4.69) is 10.3 Å². The highest BCUT2D eigenvalue weighted by molar-refractivity contribution is 7.66. The Bertz CT molecular complexity index is 1040. The highest BCUT2D eigenvalue weighted by Crippen LogP contribution is 2.56. The predicted octanol–water partition coefficient (Wildman–Crippen LogP) is 4.37. The first-order valence-electron chi connectivity index (χ1n) is 7.98. The average molecular weight is 417 g/mol. The summed E-state index contributed by atoms with van der Waals surface area (Å²) >= 11 is 5.83. The molecule has 2 N–H and O–H groups in total. The van der Waals surface area contributed by atoms with Gasteiger partial charge in [-0.3, -0.25) is 4.79 Å². The number of anilines is 2. The molecule has 2 aromatic rings. The highest BCUT2D eigenvalue weighted by Gasteiger charge is 2.65. The Morgan fingerprint density at radius 1 is 1.15 bits per heavy atom. The molecular weight excluding hydrogens is 401 g/mol. The van der Waals surface area contributed by atoms with Gasteiger partial charge in [0.25, 0.3) is 5.56 Å². The fourth-order valence-electron chi connectivity index (χ4n) is 3.56. The van der Waals surface area contributed by atoms with E-state index in [-0.39, 0.29) is 43.6 Å². The zero-order chi connectivity index (χ0) is 20.2. The monoisotopic (exact) mass is 416 g/mol. The Kier molecular flexibility index (Phi) is 4.55. The van der Waals surface area contributed by atoms with Gasteiger partial charge >= 0.3 is 6.18 Å². The fourth-order valence-corrected chi connectivity index (χ4v) is 4.44. The van der Waals surface area contributed by atoms with Crippen molar-refractivity contribution in [2.24, 2.45) is 5.41 Å². The minimum atomic E-state index is -4.89. The van der Waals surface area contributed by atoms with Gasteiger partial charge in [-0.15, -0.1) is 0 Å². The molecular formula is C18H16ClF3N2O2S. The van der Waals surface area contributed by atoms with Crippen LogP contribution in [0.5, 0.6) is 0 Å². The van der Waals surface area contributed by atoms with Crippen LogP contribution in [0.25, 0.3) is 0 Å². The first-order chi connectivity index (χ1) is 12.4. The molecule has 27 heavy (non-hydrogen) atoms. The molecule has 0 aliphatic carbocycles. The maximum atomic E-state index is 14.8. The molecule has 4 nitrogen and oxygen atoms in total. The third kappa shape index (κ3) is 2.82. The van der Waals surface area contributed by atoms with Crippen LogP contribution in [0.3, 0.4) is 0 Å². The minimum Gasteiger partial charge on any atom is -0.350 e. The van der Waals surface area contributed by atoms with E-state index in [1.165, 1.54) is 24.3 Å². The van der Waals surface area contributed by atoms with Gasteiger partial charge < -0.3 is 10.3 Å². The Morgan fingerprint density at radius 2 is 1.81 bits per heavy atom. The number of benzene rings is 1. The van der Waals surface area contributed by atoms with Crippen LogP contribution in [0, 0.1) is 5.41 Å². The van der Waals surface area contributed by atoms with Crippen LogP contribution in [0.2, 0.25) is 5.02 Å². The van der Waals surface area contributed by atoms with E-state index < -0.39 is 22.6 Å². The molecule has 9 heteroatoms. The lowest BCUT2D eigenvalue weighted by Crippen LogP contribution is -2.56. The molecule has 0 spiro atoms. The normalized spacial score (nSPS) is 18.9. The number of H-pyrrole nitrogens is 1. The zero-order valence-corrected chi connectivity index (χ0v) is 16.2. The molecule has 3 rings (SSSR count). The number of pyridine rings is 1. The third-order valence-corrected chi connectivity index (χ3v) is 5.86. The second kappa shape index (κ2) is 6.24. The van der Waals surface area contributed by atoms with E-state index in [1.807, 2.05) is 0 Å². The van der Waals surface area contributed by atoms with E-state index in [0.29, 0.717) is 0 Å². The summed E-state index contributed by atoms with van der Waals surface area (Å²) in [5, 5.41) is 2.86. The first kappa shape index (κ1) is 19.7. The van der Waals surface area contributed by atoms with Crippen molar-refractivity contribution in [2.45, 2.75) is 32.4 Å². The summed E-state index contributed by atoms with van der Waals surface area (Å²) in [7, 11) is 0. The maximum Gasteiger partial charge on any atom is 0.407 e. The highest BCUT2D eigenvalue weighted by atomic mass is 35.5. The van der Waals surface area contributed by atoms with Crippen molar-refractivity contribution in [3.05, 3.63) is 57.0 Å². The Labute approximate surface area is 161 Å². The van der Waals surface area contributed by atoms with Gasteiger partial charge in [0, 0.05) is 28.0 Å². The fraction of sp³-hybridized carbons (Fsp3) is 0.333. The van der Waals surface area contributed by atoms with E-state index in [1.54, 1.807) is 20.8 Å². The van der Waals surface area contributed by atoms with Crippen LogP contribution in [0.15, 0.2) is 35.3 Å². The molecule has 144 valence electrons. The SMILES string of the molecule is CC(C)(C)C(=S=O)C1(C(F)(F)F)c2cc(Cl)ccc2Nc2c1cc[nH]c2=O. The van der Waals surface area contributed by atoms with Gasteiger partial charge in [-0.2, -0.15) is 13.2 Å². The summed E-state index contributed by atoms with van der Waals surface area (Å²) in [4.78, 5) is 14.3. The van der Waals surface area contributed by atoms with Crippen molar-refractivity contribution in [1.82, 2.24) is 4.98 Å². The van der Waals surface area contributed by atoms with Crippen molar-refractivity contribution >= 4 is 39.1 Å². The average Bonchev–Trinajstić information content (AvgIpc) is 2.53. The second-order valence-electron chi connectivity index (χ2n) is 7.32. The number of alkyl halides is 3. The van der Waals surface area contributed by atoms with Crippen molar-refractivity contribution in [2.75, 3.05) is 5.32 Å². The van der Waals surface area contributed by atoms with Gasteiger partial charge in [0.1, 0.15) is 5.69 Å². The number of hydrogen-bond acceptors (Lipinski definition) is 3. The molecule has 0 saturated heterocycles. The summed E-state index contributed by atoms with van der Waals surface area (Å²) in [5.74, 6) is 0. The number of nitrogens with one attached hydrogen (secondary N) is 2. The molecule has 0 amide bonds. The van der Waals surface area contributed by atoms with Crippen LogP contribution in [0.4, 0.5) is 24.5 Å². The molecule has 1 atom stereocenters. The smallest absolute Gasteiger partial charge is 0.350 e. The summed E-state index contributed by atoms with van der Waals surface area (Å²) in [6.07, 6.45) is -3.74. The van der Waals surface area contributed by atoms with Crippen molar-refractivity contribution in [3.8, 4) is 0 Å². The van der Waals surface area contributed by atoms with Gasteiger partial charge in [-0.25, -0.2) is 4.21 Å². The largest absolute Gasteiger partial charge is 0.407 e. The van der Waals surface area contributed by atoms with Crippen molar-refractivity contribution in [1.29, 1.82) is 0 Å². The number of halogens is 4. The molecule has 1 unspecified atom stereocenters. The Morgan fingerprint density at radius 3 is 2.37 bits per heavy atom. The lowest BCUT2D eigenvalue weighted by atomic mass is 9.63. The molecule has 2 heterocycles. The number of hydrogen-bond donors (Lipinski definition) is 2. The Balaban J connectivity index is 2.62. The number of aromatic nitrogens is 1. The third-order valence-electron chi connectivity index (χ3n) is 4.54. The molecule has 0 saturated carbocycles. The predicted molar refractivity (Wildman–Crippen MR) is 101 cm³/mol. The number of rotatable bonds is 1. The van der Waals surface area contributed by atoms with E-state index in [0.717, 1.165) is 6.20 Å². The van der Waals surface area contributed by atoms with Gasteiger partial charge in [-0.1, -0.05) is 32.4 Å². The van der Waals surface area contributed by atoms with E-state index in [4.69, 9.17) is 11.6 Å². The van der Waals surface area contributed by atoms with Crippen LogP contribution in [0.1, 0.15) is 31.9 Å². The van der Waals surface area contributed by atoms with Crippen LogP contribution >= 0.6 is 11.6 Å². The molecule has 1 aliphatic rings. The van der Waals surface area contributed by atoms with Gasteiger partial charge in [-0.05, 0) is 29.7 Å². The van der Waals surface area contributed by atoms with Gasteiger partial charge in [0.05, 0.1) is 16.1 Å². The lowest BCUT2D eigenvalue weighted by Gasteiger charge is -2.45. The second-order valence-corrected chi connectivity index (χ2v) is 8.33. The zero-order valence-electron chi connectivity index (χ0n) is 14.6. The van der Waals surface area contributed by atoms with E-state index >= 15 is 0 Å². The first-order valence-corrected chi connectivity index (χ1v) is 9.10. The van der Waals surface area contributed by atoms with Gasteiger partial charge in [0.15, 0.2) is 5.41 Å². The molecule has 1 aromatic carbocycles. The lowest BCUT2D eigenvalue weighted by molar-refractivity contribution is -0.159. The molecule has 1 aliphatic heterocycles.